The van der Waals surface area contributed by atoms with E-state index < -0.39 is 11.9 Å². The summed E-state index contributed by atoms with van der Waals surface area (Å²) in [7, 11) is 1.27. The number of amides is 1. The molecule has 0 bridgehead atoms. The first-order valence-electron chi connectivity index (χ1n) is 8.88. The van der Waals surface area contributed by atoms with E-state index in [1.165, 1.54) is 19.2 Å². The lowest BCUT2D eigenvalue weighted by Crippen LogP contribution is -2.17. The van der Waals surface area contributed by atoms with E-state index in [1.54, 1.807) is 48.5 Å². The van der Waals surface area contributed by atoms with E-state index in [9.17, 15) is 14.0 Å². The molecule has 148 valence electrons. The van der Waals surface area contributed by atoms with Crippen LogP contribution in [0.3, 0.4) is 0 Å². The highest BCUT2D eigenvalue weighted by Crippen LogP contribution is 2.17. The van der Waals surface area contributed by atoms with Crippen molar-refractivity contribution < 1.29 is 18.7 Å². The predicted octanol–water partition coefficient (Wildman–Crippen LogP) is 3.31. The highest BCUT2D eigenvalue weighted by atomic mass is 19.1. The minimum atomic E-state index is -0.554. The van der Waals surface area contributed by atoms with Gasteiger partial charge >= 0.3 is 5.97 Å². The molecule has 3 aromatic rings. The molecule has 0 aliphatic rings. The summed E-state index contributed by atoms with van der Waals surface area (Å²) < 4.78 is 18.3. The number of nitrogens with one attached hydrogen (secondary N) is 2. The SMILES string of the molecule is COC(=O)c1ccccc1NC(=O)c1ccc(NCCc2ccccc2F)nn1. The van der Waals surface area contributed by atoms with Crippen LogP contribution in [0.25, 0.3) is 0 Å². The van der Waals surface area contributed by atoms with Crippen LogP contribution >= 0.6 is 0 Å². The third kappa shape index (κ3) is 5.13. The lowest BCUT2D eigenvalue weighted by atomic mass is 10.1. The van der Waals surface area contributed by atoms with Gasteiger partial charge in [0, 0.05) is 6.54 Å². The summed E-state index contributed by atoms with van der Waals surface area (Å²) in [5.41, 5.74) is 1.25. The van der Waals surface area contributed by atoms with Gasteiger partial charge in [-0.05, 0) is 42.3 Å². The quantitative estimate of drug-likeness (QED) is 0.597. The predicted molar refractivity (Wildman–Crippen MR) is 106 cm³/mol. The van der Waals surface area contributed by atoms with E-state index in [4.69, 9.17) is 4.74 Å². The average Bonchev–Trinajstić information content (AvgIpc) is 2.75. The van der Waals surface area contributed by atoms with Gasteiger partial charge in [-0.15, -0.1) is 10.2 Å². The number of ether oxygens (including phenoxy) is 1. The second-order valence-corrected chi connectivity index (χ2v) is 6.06. The first-order valence-corrected chi connectivity index (χ1v) is 8.88. The number of esters is 1. The van der Waals surface area contributed by atoms with Crippen LogP contribution in [0.4, 0.5) is 15.9 Å². The summed E-state index contributed by atoms with van der Waals surface area (Å²) >= 11 is 0. The fourth-order valence-electron chi connectivity index (χ4n) is 2.64. The van der Waals surface area contributed by atoms with Gasteiger partial charge in [-0.2, -0.15) is 0 Å². The van der Waals surface area contributed by atoms with Gasteiger partial charge in [-0.1, -0.05) is 30.3 Å². The summed E-state index contributed by atoms with van der Waals surface area (Å²) in [4.78, 5) is 24.2. The number of rotatable bonds is 7. The van der Waals surface area contributed by atoms with Gasteiger partial charge < -0.3 is 15.4 Å². The first kappa shape index (κ1) is 19.9. The largest absolute Gasteiger partial charge is 0.465 e. The fourth-order valence-corrected chi connectivity index (χ4v) is 2.64. The van der Waals surface area contributed by atoms with E-state index in [1.807, 2.05) is 0 Å². The molecule has 0 fully saturated rings. The van der Waals surface area contributed by atoms with Gasteiger partial charge in [0.1, 0.15) is 11.6 Å². The van der Waals surface area contributed by atoms with Crippen molar-refractivity contribution in [2.45, 2.75) is 6.42 Å². The second-order valence-electron chi connectivity index (χ2n) is 6.06. The van der Waals surface area contributed by atoms with Crippen LogP contribution in [0.5, 0.6) is 0 Å². The molecule has 0 saturated carbocycles. The van der Waals surface area contributed by atoms with Crippen molar-refractivity contribution in [1.82, 2.24) is 10.2 Å². The number of para-hydroxylation sites is 1. The number of anilines is 2. The molecule has 0 atom stereocenters. The summed E-state index contributed by atoms with van der Waals surface area (Å²) in [6, 6.07) is 16.2. The zero-order valence-electron chi connectivity index (χ0n) is 15.7. The lowest BCUT2D eigenvalue weighted by Gasteiger charge is -2.09. The van der Waals surface area contributed by atoms with Crippen LogP contribution < -0.4 is 10.6 Å². The summed E-state index contributed by atoms with van der Waals surface area (Å²) in [5.74, 6) is -0.847. The molecule has 0 unspecified atom stereocenters. The van der Waals surface area contributed by atoms with Crippen LogP contribution in [-0.4, -0.2) is 35.7 Å². The highest BCUT2D eigenvalue weighted by molar-refractivity contribution is 6.07. The molecule has 2 aromatic carbocycles. The smallest absolute Gasteiger partial charge is 0.339 e. The molecule has 0 aliphatic carbocycles. The van der Waals surface area contributed by atoms with Crippen molar-refractivity contribution in [2.75, 3.05) is 24.3 Å². The number of nitrogens with zero attached hydrogens (tertiary/aromatic N) is 2. The monoisotopic (exact) mass is 394 g/mol. The Bertz CT molecular complexity index is 1010. The molecular formula is C21H19FN4O3. The Morgan fingerprint density at radius 1 is 1.00 bits per heavy atom. The summed E-state index contributed by atoms with van der Waals surface area (Å²) in [6.07, 6.45) is 0.487. The van der Waals surface area contributed by atoms with Gasteiger partial charge in [0.25, 0.3) is 5.91 Å². The zero-order valence-corrected chi connectivity index (χ0v) is 15.7. The number of halogens is 1. The Labute approximate surface area is 166 Å². The van der Waals surface area contributed by atoms with Crippen molar-refractivity contribution in [3.8, 4) is 0 Å². The molecule has 1 amide bonds. The molecule has 29 heavy (non-hydrogen) atoms. The maximum absolute atomic E-state index is 13.6. The number of hydrogen-bond donors (Lipinski definition) is 2. The molecule has 0 spiro atoms. The maximum Gasteiger partial charge on any atom is 0.339 e. The number of carbonyl (C=O) groups is 2. The standard InChI is InChI=1S/C21H19FN4O3/c1-29-21(28)15-7-3-5-9-17(15)24-20(27)18-10-11-19(26-25-18)23-13-12-14-6-2-4-8-16(14)22/h2-11H,12-13H2,1H3,(H,23,26)(H,24,27). The molecule has 8 heteroatoms. The summed E-state index contributed by atoms with van der Waals surface area (Å²) in [5, 5.41) is 13.5. The third-order valence-electron chi connectivity index (χ3n) is 4.14. The van der Waals surface area contributed by atoms with Crippen molar-refractivity contribution in [1.29, 1.82) is 0 Å². The second kappa shape index (κ2) is 9.41. The minimum Gasteiger partial charge on any atom is -0.465 e. The van der Waals surface area contributed by atoms with E-state index in [2.05, 4.69) is 20.8 Å². The third-order valence-corrected chi connectivity index (χ3v) is 4.14. The molecule has 0 saturated heterocycles. The van der Waals surface area contributed by atoms with Crippen molar-refractivity contribution in [3.05, 3.63) is 83.3 Å². The van der Waals surface area contributed by atoms with Crippen LogP contribution in [0, 0.1) is 5.82 Å². The molecule has 1 heterocycles. The Kier molecular flexibility index (Phi) is 6.47. The van der Waals surface area contributed by atoms with Crippen LogP contribution in [0.2, 0.25) is 0 Å². The van der Waals surface area contributed by atoms with Crippen LogP contribution in [-0.2, 0) is 11.2 Å². The molecule has 7 nitrogen and oxygen atoms in total. The van der Waals surface area contributed by atoms with Crippen molar-refractivity contribution in [2.24, 2.45) is 0 Å². The number of hydrogen-bond acceptors (Lipinski definition) is 6. The van der Waals surface area contributed by atoms with Crippen molar-refractivity contribution >= 4 is 23.4 Å². The Hall–Kier alpha value is -3.81. The first-order chi connectivity index (χ1) is 14.1. The minimum absolute atomic E-state index is 0.0873. The zero-order chi connectivity index (χ0) is 20.6. The number of aromatic nitrogens is 2. The molecule has 3 rings (SSSR count). The Morgan fingerprint density at radius 3 is 2.48 bits per heavy atom. The number of benzene rings is 2. The Balaban J connectivity index is 1.59. The maximum atomic E-state index is 13.6. The van der Waals surface area contributed by atoms with Gasteiger partial charge in [0.15, 0.2) is 5.69 Å². The molecule has 0 aliphatic heterocycles. The summed E-state index contributed by atoms with van der Waals surface area (Å²) in [6.45, 7) is 0.466. The van der Waals surface area contributed by atoms with Crippen LogP contribution in [0.15, 0.2) is 60.7 Å². The molecule has 2 N–H and O–H groups in total. The van der Waals surface area contributed by atoms with E-state index in [0.29, 0.717) is 30.0 Å². The molecular weight excluding hydrogens is 375 g/mol. The normalized spacial score (nSPS) is 10.3. The van der Waals surface area contributed by atoms with Gasteiger partial charge in [0.05, 0.1) is 18.4 Å². The highest BCUT2D eigenvalue weighted by Gasteiger charge is 2.15. The van der Waals surface area contributed by atoms with Crippen molar-refractivity contribution in [3.63, 3.8) is 0 Å². The van der Waals surface area contributed by atoms with E-state index in [0.717, 1.165) is 0 Å². The Morgan fingerprint density at radius 2 is 1.76 bits per heavy atom. The van der Waals surface area contributed by atoms with E-state index >= 15 is 0 Å². The average molecular weight is 394 g/mol. The topological polar surface area (TPSA) is 93.2 Å². The van der Waals surface area contributed by atoms with Crippen LogP contribution in [0.1, 0.15) is 26.4 Å². The lowest BCUT2D eigenvalue weighted by molar-refractivity contribution is 0.0602. The number of carbonyl (C=O) groups excluding carboxylic acids is 2. The molecule has 1 aromatic heterocycles. The van der Waals surface area contributed by atoms with Gasteiger partial charge in [-0.25, -0.2) is 9.18 Å². The molecule has 0 radical (unpaired) electrons. The van der Waals surface area contributed by atoms with E-state index in [-0.39, 0.29) is 17.1 Å². The van der Waals surface area contributed by atoms with Gasteiger partial charge in [0.2, 0.25) is 0 Å². The van der Waals surface area contributed by atoms with Gasteiger partial charge in [-0.3, -0.25) is 4.79 Å². The number of methoxy groups -OCH3 is 1. The fraction of sp³-hybridized carbons (Fsp3) is 0.143.